The fourth-order valence-electron chi connectivity index (χ4n) is 1.89. The Morgan fingerprint density at radius 3 is 2.76 bits per heavy atom. The number of nitro benzene ring substituents is 1. The lowest BCUT2D eigenvalue weighted by Gasteiger charge is -1.97. The summed E-state index contributed by atoms with van der Waals surface area (Å²) >= 11 is 7.61. The normalized spacial score (nSPS) is 11.3. The molecule has 6 heteroatoms. The minimum Gasteiger partial charge on any atom is -0.258 e. The Hall–Kier alpha value is -2.24. The number of non-ortho nitro benzene ring substituents is 1. The van der Waals surface area contributed by atoms with Crippen LogP contribution in [0.5, 0.6) is 0 Å². The maximum Gasteiger partial charge on any atom is 0.270 e. The molecule has 0 bridgehead atoms. The molecule has 0 N–H and O–H groups in total. The number of fused-ring (bicyclic) bond motifs is 1. The van der Waals surface area contributed by atoms with Crippen molar-refractivity contribution >= 4 is 51.0 Å². The van der Waals surface area contributed by atoms with Gasteiger partial charge in [0.05, 0.1) is 15.1 Å². The van der Waals surface area contributed by atoms with E-state index in [-0.39, 0.29) is 5.69 Å². The second kappa shape index (κ2) is 5.63. The van der Waals surface area contributed by atoms with E-state index in [1.54, 1.807) is 17.4 Å². The van der Waals surface area contributed by atoms with Crippen LogP contribution < -0.4 is 0 Å². The molecule has 0 saturated carbocycles. The van der Waals surface area contributed by atoms with Gasteiger partial charge in [0.15, 0.2) is 0 Å². The lowest BCUT2D eigenvalue weighted by molar-refractivity contribution is -0.384. The van der Waals surface area contributed by atoms with Gasteiger partial charge in [-0.15, -0.1) is 11.3 Å². The molecule has 0 radical (unpaired) electrons. The Bertz CT molecular complexity index is 825. The number of aromatic nitrogens is 1. The molecule has 21 heavy (non-hydrogen) atoms. The number of nitrogens with zero attached hydrogens (tertiary/aromatic N) is 2. The first kappa shape index (κ1) is 13.7. The molecule has 3 aromatic rings. The lowest BCUT2D eigenvalue weighted by atomic mass is 10.2. The molecule has 0 aliphatic carbocycles. The second-order valence-electron chi connectivity index (χ2n) is 4.32. The van der Waals surface area contributed by atoms with Crippen molar-refractivity contribution in [3.8, 4) is 0 Å². The summed E-state index contributed by atoms with van der Waals surface area (Å²) < 4.78 is 1.10. The zero-order valence-electron chi connectivity index (χ0n) is 10.7. The molecule has 104 valence electrons. The summed E-state index contributed by atoms with van der Waals surface area (Å²) in [4.78, 5) is 14.8. The molecule has 0 fully saturated rings. The Labute approximate surface area is 129 Å². The number of halogens is 1. The van der Waals surface area contributed by atoms with Crippen LogP contribution in [0.25, 0.3) is 22.4 Å². The Morgan fingerprint density at radius 2 is 2.00 bits per heavy atom. The first-order valence-corrected chi connectivity index (χ1v) is 7.30. The van der Waals surface area contributed by atoms with E-state index < -0.39 is 4.92 Å². The van der Waals surface area contributed by atoms with Crippen molar-refractivity contribution in [2.24, 2.45) is 0 Å². The van der Waals surface area contributed by atoms with Crippen LogP contribution in [0.15, 0.2) is 42.5 Å². The van der Waals surface area contributed by atoms with Gasteiger partial charge in [-0.05, 0) is 29.8 Å². The molecule has 0 aliphatic rings. The molecule has 0 unspecified atom stereocenters. The van der Waals surface area contributed by atoms with E-state index >= 15 is 0 Å². The highest BCUT2D eigenvalue weighted by Gasteiger charge is 2.08. The van der Waals surface area contributed by atoms with E-state index in [1.807, 2.05) is 30.3 Å². The average molecular weight is 317 g/mol. The Kier molecular flexibility index (Phi) is 3.68. The highest BCUT2D eigenvalue weighted by molar-refractivity contribution is 7.19. The van der Waals surface area contributed by atoms with E-state index in [4.69, 9.17) is 11.6 Å². The van der Waals surface area contributed by atoms with Gasteiger partial charge in [0.25, 0.3) is 5.69 Å². The molecule has 4 nitrogen and oxygen atoms in total. The SMILES string of the molecule is O=[N+]([O-])c1ccc(Cl)c(/C=C/c2nc3ccccc3s2)c1. The van der Waals surface area contributed by atoms with Gasteiger partial charge >= 0.3 is 0 Å². The van der Waals surface area contributed by atoms with E-state index in [0.717, 1.165) is 15.2 Å². The number of para-hydroxylation sites is 1. The molecule has 0 amide bonds. The molecule has 0 saturated heterocycles. The third-order valence-electron chi connectivity index (χ3n) is 2.91. The van der Waals surface area contributed by atoms with E-state index in [0.29, 0.717) is 10.6 Å². The minimum absolute atomic E-state index is 0.0170. The molecule has 1 heterocycles. The third-order valence-corrected chi connectivity index (χ3v) is 4.25. The molecule has 2 aromatic carbocycles. The third kappa shape index (κ3) is 2.94. The lowest BCUT2D eigenvalue weighted by Crippen LogP contribution is -1.88. The molecule has 0 spiro atoms. The van der Waals surface area contributed by atoms with Gasteiger partial charge in [-0.2, -0.15) is 0 Å². The van der Waals surface area contributed by atoms with Crippen LogP contribution in [-0.2, 0) is 0 Å². The first-order chi connectivity index (χ1) is 10.1. The fourth-order valence-corrected chi connectivity index (χ4v) is 2.95. The highest BCUT2D eigenvalue weighted by atomic mass is 35.5. The first-order valence-electron chi connectivity index (χ1n) is 6.11. The minimum atomic E-state index is -0.439. The van der Waals surface area contributed by atoms with Crippen LogP contribution in [0.2, 0.25) is 5.02 Å². The van der Waals surface area contributed by atoms with Crippen LogP contribution in [0.1, 0.15) is 10.6 Å². The van der Waals surface area contributed by atoms with Gasteiger partial charge in [0, 0.05) is 17.2 Å². The topological polar surface area (TPSA) is 56.0 Å². The van der Waals surface area contributed by atoms with Crippen molar-refractivity contribution in [2.45, 2.75) is 0 Å². The zero-order chi connectivity index (χ0) is 14.8. The quantitative estimate of drug-likeness (QED) is 0.503. The summed E-state index contributed by atoms with van der Waals surface area (Å²) in [6.07, 6.45) is 3.56. The summed E-state index contributed by atoms with van der Waals surface area (Å²) in [6.45, 7) is 0. The maximum atomic E-state index is 10.8. The molecule has 0 aliphatic heterocycles. The van der Waals surface area contributed by atoms with Crippen LogP contribution in [0, 0.1) is 10.1 Å². The van der Waals surface area contributed by atoms with Gasteiger partial charge in [-0.3, -0.25) is 10.1 Å². The second-order valence-corrected chi connectivity index (χ2v) is 5.79. The van der Waals surface area contributed by atoms with Crippen molar-refractivity contribution < 1.29 is 4.92 Å². The van der Waals surface area contributed by atoms with Crippen molar-refractivity contribution in [3.05, 3.63) is 68.2 Å². The van der Waals surface area contributed by atoms with Gasteiger partial charge < -0.3 is 0 Å². The van der Waals surface area contributed by atoms with E-state index in [2.05, 4.69) is 4.98 Å². The van der Waals surface area contributed by atoms with Gasteiger partial charge in [0.2, 0.25) is 0 Å². The number of thiazole rings is 1. The molecular formula is C15H9ClN2O2S. The summed E-state index contributed by atoms with van der Waals surface area (Å²) in [5.41, 5.74) is 1.56. The predicted octanol–water partition coefficient (Wildman–Crippen LogP) is 5.03. The maximum absolute atomic E-state index is 10.8. The standard InChI is InChI=1S/C15H9ClN2O2S/c16-12-7-6-11(18(19)20)9-10(12)5-8-15-17-13-3-1-2-4-14(13)21-15/h1-9H/b8-5+. The zero-order valence-corrected chi connectivity index (χ0v) is 12.3. The highest BCUT2D eigenvalue weighted by Crippen LogP contribution is 2.26. The van der Waals surface area contributed by atoms with Crippen molar-refractivity contribution in [3.63, 3.8) is 0 Å². The summed E-state index contributed by atoms with van der Waals surface area (Å²) in [5.74, 6) is 0. The monoisotopic (exact) mass is 316 g/mol. The van der Waals surface area contributed by atoms with E-state index in [1.165, 1.54) is 18.2 Å². The van der Waals surface area contributed by atoms with E-state index in [9.17, 15) is 10.1 Å². The molecular weight excluding hydrogens is 308 g/mol. The van der Waals surface area contributed by atoms with Crippen molar-refractivity contribution in [1.82, 2.24) is 4.98 Å². The summed E-state index contributed by atoms with van der Waals surface area (Å²) in [6, 6.07) is 12.2. The van der Waals surface area contributed by atoms with Crippen LogP contribution in [0.3, 0.4) is 0 Å². The van der Waals surface area contributed by atoms with Crippen molar-refractivity contribution in [2.75, 3.05) is 0 Å². The van der Waals surface area contributed by atoms with Crippen LogP contribution >= 0.6 is 22.9 Å². The predicted molar refractivity (Wildman–Crippen MR) is 86.7 cm³/mol. The van der Waals surface area contributed by atoms with Gasteiger partial charge in [0.1, 0.15) is 5.01 Å². The number of nitro groups is 1. The number of hydrogen-bond acceptors (Lipinski definition) is 4. The van der Waals surface area contributed by atoms with Crippen LogP contribution in [-0.4, -0.2) is 9.91 Å². The molecule has 1 aromatic heterocycles. The largest absolute Gasteiger partial charge is 0.270 e. The van der Waals surface area contributed by atoms with Gasteiger partial charge in [-0.1, -0.05) is 29.8 Å². The van der Waals surface area contributed by atoms with Gasteiger partial charge in [-0.25, -0.2) is 4.98 Å². The fraction of sp³-hybridized carbons (Fsp3) is 0. The number of benzene rings is 2. The van der Waals surface area contributed by atoms with Crippen molar-refractivity contribution in [1.29, 1.82) is 0 Å². The number of rotatable bonds is 3. The average Bonchev–Trinajstić information content (AvgIpc) is 2.89. The molecule has 3 rings (SSSR count). The number of hydrogen-bond donors (Lipinski definition) is 0. The summed E-state index contributed by atoms with van der Waals surface area (Å²) in [5, 5.41) is 12.1. The molecule has 0 atom stereocenters. The van der Waals surface area contributed by atoms with Crippen LogP contribution in [0.4, 0.5) is 5.69 Å². The summed E-state index contributed by atoms with van der Waals surface area (Å²) in [7, 11) is 0. The Morgan fingerprint density at radius 1 is 1.19 bits per heavy atom. The smallest absolute Gasteiger partial charge is 0.258 e. The Balaban J connectivity index is 1.95.